The number of nitrogens with zero attached hydrogens (tertiary/aromatic N) is 2. The van der Waals surface area contributed by atoms with E-state index in [1.807, 2.05) is 26.0 Å². The molecule has 1 atom stereocenters. The number of rotatable bonds is 4. The number of hydrogen-bond donors (Lipinski definition) is 1. The molecular weight excluding hydrogens is 242 g/mol. The maximum atomic E-state index is 11.4. The van der Waals surface area contributed by atoms with Crippen molar-refractivity contribution in [1.29, 1.82) is 0 Å². The molecule has 1 saturated heterocycles. The van der Waals surface area contributed by atoms with Crippen molar-refractivity contribution in [3.8, 4) is 0 Å². The van der Waals surface area contributed by atoms with Gasteiger partial charge in [0.25, 0.3) is 0 Å². The standard InChI is InChI=1S/C14H21N3O2/c1-3-14(18)16-11(2)12-4-5-15-13(10-12)17-6-8-19-9-7-17/h4-5,10-11H,3,6-9H2,1-2H3,(H,16,18)/t11-/m1/s1. The zero-order valence-electron chi connectivity index (χ0n) is 11.6. The van der Waals surface area contributed by atoms with Crippen LogP contribution in [0.2, 0.25) is 0 Å². The Kier molecular flexibility index (Phi) is 4.74. The molecule has 1 aromatic heterocycles. The van der Waals surface area contributed by atoms with Gasteiger partial charge in [-0.05, 0) is 24.6 Å². The van der Waals surface area contributed by atoms with E-state index in [4.69, 9.17) is 4.74 Å². The molecule has 0 aromatic carbocycles. The molecular formula is C14H21N3O2. The van der Waals surface area contributed by atoms with Gasteiger partial charge >= 0.3 is 0 Å². The molecule has 0 unspecified atom stereocenters. The Balaban J connectivity index is 2.07. The second-order valence-electron chi connectivity index (χ2n) is 4.69. The highest BCUT2D eigenvalue weighted by molar-refractivity contribution is 5.76. The van der Waals surface area contributed by atoms with E-state index < -0.39 is 0 Å². The molecule has 0 spiro atoms. The summed E-state index contributed by atoms with van der Waals surface area (Å²) >= 11 is 0. The molecule has 0 radical (unpaired) electrons. The lowest BCUT2D eigenvalue weighted by atomic mass is 10.1. The lowest BCUT2D eigenvalue weighted by Crippen LogP contribution is -2.36. The second kappa shape index (κ2) is 6.52. The van der Waals surface area contributed by atoms with E-state index in [1.165, 1.54) is 0 Å². The zero-order chi connectivity index (χ0) is 13.7. The minimum Gasteiger partial charge on any atom is -0.378 e. The Bertz CT molecular complexity index is 430. The first-order chi connectivity index (χ1) is 9.20. The highest BCUT2D eigenvalue weighted by Gasteiger charge is 2.14. The minimum atomic E-state index is 0.00948. The van der Waals surface area contributed by atoms with Gasteiger partial charge in [-0.2, -0.15) is 0 Å². The molecule has 1 N–H and O–H groups in total. The van der Waals surface area contributed by atoms with Crippen LogP contribution in [0.15, 0.2) is 18.3 Å². The molecule has 1 amide bonds. The van der Waals surface area contributed by atoms with E-state index in [-0.39, 0.29) is 11.9 Å². The molecule has 104 valence electrons. The van der Waals surface area contributed by atoms with Gasteiger partial charge in [-0.3, -0.25) is 4.79 Å². The average molecular weight is 263 g/mol. The number of morpholine rings is 1. The number of carbonyl (C=O) groups is 1. The van der Waals surface area contributed by atoms with Gasteiger partial charge < -0.3 is 15.0 Å². The van der Waals surface area contributed by atoms with Gasteiger partial charge in [0, 0.05) is 25.7 Å². The Morgan fingerprint density at radius 3 is 2.95 bits per heavy atom. The van der Waals surface area contributed by atoms with Crippen molar-refractivity contribution in [3.63, 3.8) is 0 Å². The lowest BCUT2D eigenvalue weighted by Gasteiger charge is -2.28. The third kappa shape index (κ3) is 3.67. The summed E-state index contributed by atoms with van der Waals surface area (Å²) in [6.45, 7) is 7.07. The predicted molar refractivity (Wildman–Crippen MR) is 74.1 cm³/mol. The molecule has 1 aromatic rings. The number of amides is 1. The van der Waals surface area contributed by atoms with E-state index in [1.54, 1.807) is 6.20 Å². The molecule has 5 nitrogen and oxygen atoms in total. The molecule has 0 bridgehead atoms. The molecule has 5 heteroatoms. The Hall–Kier alpha value is -1.62. The van der Waals surface area contributed by atoms with Gasteiger partial charge in [0.05, 0.1) is 19.3 Å². The number of anilines is 1. The summed E-state index contributed by atoms with van der Waals surface area (Å²) in [7, 11) is 0. The Morgan fingerprint density at radius 1 is 1.53 bits per heavy atom. The van der Waals surface area contributed by atoms with Gasteiger partial charge in [-0.15, -0.1) is 0 Å². The summed E-state index contributed by atoms with van der Waals surface area (Å²) in [5, 5.41) is 2.97. The van der Waals surface area contributed by atoms with Crippen LogP contribution in [0.4, 0.5) is 5.82 Å². The fourth-order valence-corrected chi connectivity index (χ4v) is 2.10. The Morgan fingerprint density at radius 2 is 2.26 bits per heavy atom. The second-order valence-corrected chi connectivity index (χ2v) is 4.69. The molecule has 1 aliphatic heterocycles. The maximum absolute atomic E-state index is 11.4. The Labute approximate surface area is 114 Å². The third-order valence-electron chi connectivity index (χ3n) is 3.30. The first-order valence-corrected chi connectivity index (χ1v) is 6.78. The first-order valence-electron chi connectivity index (χ1n) is 6.78. The number of pyridine rings is 1. The van der Waals surface area contributed by atoms with Crippen LogP contribution in [0.5, 0.6) is 0 Å². The minimum absolute atomic E-state index is 0.00948. The fourth-order valence-electron chi connectivity index (χ4n) is 2.10. The molecule has 1 fully saturated rings. The molecule has 2 rings (SSSR count). The average Bonchev–Trinajstić information content (AvgIpc) is 2.48. The summed E-state index contributed by atoms with van der Waals surface area (Å²) < 4.78 is 5.34. The van der Waals surface area contributed by atoms with Gasteiger partial charge in [-0.25, -0.2) is 4.98 Å². The topological polar surface area (TPSA) is 54.5 Å². The summed E-state index contributed by atoms with van der Waals surface area (Å²) in [5.74, 6) is 1.02. The van der Waals surface area contributed by atoms with Crippen molar-refractivity contribution in [3.05, 3.63) is 23.9 Å². The summed E-state index contributed by atoms with van der Waals surface area (Å²) in [6.07, 6.45) is 2.31. The van der Waals surface area contributed by atoms with Crippen molar-refractivity contribution in [2.24, 2.45) is 0 Å². The summed E-state index contributed by atoms with van der Waals surface area (Å²) in [5.41, 5.74) is 1.08. The van der Waals surface area contributed by atoms with E-state index in [0.29, 0.717) is 6.42 Å². The summed E-state index contributed by atoms with van der Waals surface area (Å²) in [4.78, 5) is 18.0. The van der Waals surface area contributed by atoms with Crippen molar-refractivity contribution >= 4 is 11.7 Å². The van der Waals surface area contributed by atoms with Crippen LogP contribution in [-0.2, 0) is 9.53 Å². The van der Waals surface area contributed by atoms with Crippen molar-refractivity contribution in [1.82, 2.24) is 10.3 Å². The number of nitrogens with one attached hydrogen (secondary N) is 1. The van der Waals surface area contributed by atoms with Gasteiger partial charge in [-0.1, -0.05) is 6.92 Å². The molecule has 1 aliphatic rings. The predicted octanol–water partition coefficient (Wildman–Crippen LogP) is 1.51. The van der Waals surface area contributed by atoms with Crippen LogP contribution in [0, 0.1) is 0 Å². The van der Waals surface area contributed by atoms with E-state index in [2.05, 4.69) is 15.2 Å². The highest BCUT2D eigenvalue weighted by atomic mass is 16.5. The molecule has 2 heterocycles. The fraction of sp³-hybridized carbons (Fsp3) is 0.571. The van der Waals surface area contributed by atoms with Crippen LogP contribution < -0.4 is 10.2 Å². The van der Waals surface area contributed by atoms with Crippen LogP contribution in [0.25, 0.3) is 0 Å². The van der Waals surface area contributed by atoms with Crippen LogP contribution in [0.3, 0.4) is 0 Å². The van der Waals surface area contributed by atoms with E-state index >= 15 is 0 Å². The first kappa shape index (κ1) is 13.8. The number of aromatic nitrogens is 1. The van der Waals surface area contributed by atoms with Crippen LogP contribution in [0.1, 0.15) is 31.9 Å². The van der Waals surface area contributed by atoms with Crippen LogP contribution >= 0.6 is 0 Å². The molecule has 19 heavy (non-hydrogen) atoms. The number of hydrogen-bond acceptors (Lipinski definition) is 4. The van der Waals surface area contributed by atoms with Crippen molar-refractivity contribution < 1.29 is 9.53 Å². The van der Waals surface area contributed by atoms with Crippen molar-refractivity contribution in [2.75, 3.05) is 31.2 Å². The number of ether oxygens (including phenoxy) is 1. The lowest BCUT2D eigenvalue weighted by molar-refractivity contribution is -0.121. The van der Waals surface area contributed by atoms with Crippen molar-refractivity contribution in [2.45, 2.75) is 26.3 Å². The third-order valence-corrected chi connectivity index (χ3v) is 3.30. The van der Waals surface area contributed by atoms with Crippen LogP contribution in [-0.4, -0.2) is 37.2 Å². The maximum Gasteiger partial charge on any atom is 0.220 e. The smallest absolute Gasteiger partial charge is 0.220 e. The van der Waals surface area contributed by atoms with E-state index in [0.717, 1.165) is 37.7 Å². The van der Waals surface area contributed by atoms with Gasteiger partial charge in [0.2, 0.25) is 5.91 Å². The monoisotopic (exact) mass is 263 g/mol. The quantitative estimate of drug-likeness (QED) is 0.894. The zero-order valence-corrected chi connectivity index (χ0v) is 11.6. The largest absolute Gasteiger partial charge is 0.378 e. The molecule has 0 aliphatic carbocycles. The summed E-state index contributed by atoms with van der Waals surface area (Å²) in [6, 6.07) is 4.01. The molecule has 0 saturated carbocycles. The normalized spacial score (nSPS) is 17.1. The van der Waals surface area contributed by atoms with Gasteiger partial charge in [0.15, 0.2) is 0 Å². The van der Waals surface area contributed by atoms with Gasteiger partial charge in [0.1, 0.15) is 5.82 Å². The SMILES string of the molecule is CCC(=O)N[C@H](C)c1ccnc(N2CCOCC2)c1. The number of carbonyl (C=O) groups excluding carboxylic acids is 1. The van der Waals surface area contributed by atoms with E-state index in [9.17, 15) is 4.79 Å². The highest BCUT2D eigenvalue weighted by Crippen LogP contribution is 2.19.